The zero-order valence-corrected chi connectivity index (χ0v) is 20.0. The third-order valence-corrected chi connectivity index (χ3v) is 6.32. The van der Waals surface area contributed by atoms with E-state index in [1.807, 2.05) is 54.6 Å². The third kappa shape index (κ3) is 4.55. The SMILES string of the molecule is COc1ccc(-c2cc(=O)oc3c4c(ccc23)OCN(CCc2ccc(OC)c(OC)c2)C4)cc1. The highest BCUT2D eigenvalue weighted by atomic mass is 16.5. The van der Waals surface area contributed by atoms with Gasteiger partial charge in [0.05, 0.1) is 26.9 Å². The van der Waals surface area contributed by atoms with E-state index in [9.17, 15) is 4.79 Å². The Morgan fingerprint density at radius 3 is 2.43 bits per heavy atom. The van der Waals surface area contributed by atoms with E-state index in [0.29, 0.717) is 30.4 Å². The molecular weight excluding hydrogens is 446 g/mol. The molecule has 0 N–H and O–H groups in total. The molecule has 0 atom stereocenters. The Balaban J connectivity index is 1.42. The second-order valence-corrected chi connectivity index (χ2v) is 8.39. The molecule has 180 valence electrons. The van der Waals surface area contributed by atoms with Gasteiger partial charge in [0.25, 0.3) is 0 Å². The van der Waals surface area contributed by atoms with Gasteiger partial charge in [0, 0.05) is 24.5 Å². The number of methoxy groups -OCH3 is 3. The molecule has 0 saturated carbocycles. The minimum Gasteiger partial charge on any atom is -0.497 e. The highest BCUT2D eigenvalue weighted by molar-refractivity contribution is 5.95. The minimum absolute atomic E-state index is 0.390. The standard InChI is InChI=1S/C28H27NO6/c1-31-20-7-5-19(6-8-20)22-15-27(30)35-28-21(22)9-11-24-23(28)16-29(17-34-24)13-12-18-4-10-25(32-2)26(14-18)33-3/h4-11,14-15H,12-13,16-17H2,1-3H3. The van der Waals surface area contributed by atoms with Crippen LogP contribution in [0.15, 0.2) is 69.9 Å². The number of nitrogens with zero attached hydrogens (tertiary/aromatic N) is 1. The molecule has 3 aromatic carbocycles. The molecule has 0 radical (unpaired) electrons. The fourth-order valence-electron chi connectivity index (χ4n) is 4.46. The zero-order valence-electron chi connectivity index (χ0n) is 20.0. The molecule has 1 aliphatic heterocycles. The van der Waals surface area contributed by atoms with Crippen LogP contribution in [-0.4, -0.2) is 39.5 Å². The molecule has 35 heavy (non-hydrogen) atoms. The number of benzene rings is 3. The average Bonchev–Trinajstić information content (AvgIpc) is 2.91. The summed E-state index contributed by atoms with van der Waals surface area (Å²) in [6.07, 6.45) is 0.810. The number of hydrogen-bond donors (Lipinski definition) is 0. The van der Waals surface area contributed by atoms with E-state index < -0.39 is 0 Å². The summed E-state index contributed by atoms with van der Waals surface area (Å²) in [6.45, 7) is 1.86. The first kappa shape index (κ1) is 22.8. The summed E-state index contributed by atoms with van der Waals surface area (Å²) in [4.78, 5) is 14.7. The summed E-state index contributed by atoms with van der Waals surface area (Å²) >= 11 is 0. The number of hydrogen-bond acceptors (Lipinski definition) is 7. The molecule has 0 saturated heterocycles. The van der Waals surface area contributed by atoms with Crippen LogP contribution in [0.2, 0.25) is 0 Å². The summed E-state index contributed by atoms with van der Waals surface area (Å²) in [7, 11) is 4.89. The smallest absolute Gasteiger partial charge is 0.336 e. The van der Waals surface area contributed by atoms with Crippen molar-refractivity contribution in [3.63, 3.8) is 0 Å². The van der Waals surface area contributed by atoms with Gasteiger partial charge in [-0.15, -0.1) is 0 Å². The Morgan fingerprint density at radius 1 is 0.886 bits per heavy atom. The quantitative estimate of drug-likeness (QED) is 0.354. The van der Waals surface area contributed by atoms with Crippen molar-refractivity contribution in [1.82, 2.24) is 4.90 Å². The van der Waals surface area contributed by atoms with Crippen molar-refractivity contribution in [3.05, 3.63) is 82.2 Å². The summed E-state index contributed by atoms with van der Waals surface area (Å²) in [5.41, 5.74) is 3.94. The van der Waals surface area contributed by atoms with Crippen LogP contribution in [0.4, 0.5) is 0 Å². The summed E-state index contributed by atoms with van der Waals surface area (Å²) in [5.74, 6) is 2.93. The first-order valence-electron chi connectivity index (χ1n) is 11.4. The normalized spacial score (nSPS) is 13.2. The van der Waals surface area contributed by atoms with Gasteiger partial charge in [-0.25, -0.2) is 4.79 Å². The van der Waals surface area contributed by atoms with Crippen LogP contribution in [0, 0.1) is 0 Å². The molecule has 1 aliphatic rings. The number of rotatable bonds is 7. The molecule has 0 bridgehead atoms. The van der Waals surface area contributed by atoms with Crippen LogP contribution >= 0.6 is 0 Å². The number of ether oxygens (including phenoxy) is 4. The van der Waals surface area contributed by atoms with Gasteiger partial charge in [-0.3, -0.25) is 4.90 Å². The van der Waals surface area contributed by atoms with Gasteiger partial charge in [-0.05, 0) is 59.5 Å². The molecule has 0 unspecified atom stereocenters. The predicted octanol–water partition coefficient (Wildman–Crippen LogP) is 4.88. The Hall–Kier alpha value is -3.97. The van der Waals surface area contributed by atoms with E-state index in [-0.39, 0.29) is 5.63 Å². The molecular formula is C28H27NO6. The molecule has 1 aromatic heterocycles. The van der Waals surface area contributed by atoms with Gasteiger partial charge in [-0.2, -0.15) is 0 Å². The van der Waals surface area contributed by atoms with E-state index >= 15 is 0 Å². The lowest BCUT2D eigenvalue weighted by Crippen LogP contribution is -2.33. The molecule has 7 nitrogen and oxygen atoms in total. The van der Waals surface area contributed by atoms with Crippen molar-refractivity contribution in [2.24, 2.45) is 0 Å². The first-order chi connectivity index (χ1) is 17.1. The number of fused-ring (bicyclic) bond motifs is 3. The predicted molar refractivity (Wildman–Crippen MR) is 134 cm³/mol. The fourth-order valence-corrected chi connectivity index (χ4v) is 4.46. The molecule has 0 aliphatic carbocycles. The van der Waals surface area contributed by atoms with Crippen LogP contribution in [0.25, 0.3) is 22.1 Å². The zero-order chi connectivity index (χ0) is 24.4. The van der Waals surface area contributed by atoms with Gasteiger partial charge in [0.1, 0.15) is 23.8 Å². The van der Waals surface area contributed by atoms with E-state index in [1.54, 1.807) is 21.3 Å². The molecule has 0 fully saturated rings. The van der Waals surface area contributed by atoms with Gasteiger partial charge in [0.2, 0.25) is 0 Å². The topological polar surface area (TPSA) is 70.4 Å². The van der Waals surface area contributed by atoms with Crippen molar-refractivity contribution in [3.8, 4) is 34.1 Å². The second kappa shape index (κ2) is 9.72. The van der Waals surface area contributed by atoms with Crippen LogP contribution in [-0.2, 0) is 13.0 Å². The second-order valence-electron chi connectivity index (χ2n) is 8.39. The lowest BCUT2D eigenvalue weighted by molar-refractivity contribution is 0.0967. The molecule has 5 rings (SSSR count). The van der Waals surface area contributed by atoms with Gasteiger partial charge in [-0.1, -0.05) is 18.2 Å². The fraction of sp³-hybridized carbons (Fsp3) is 0.250. The molecule has 2 heterocycles. The maximum atomic E-state index is 12.5. The molecule has 7 heteroatoms. The summed E-state index contributed by atoms with van der Waals surface area (Å²) < 4.78 is 27.8. The highest BCUT2D eigenvalue weighted by Crippen LogP contribution is 2.36. The van der Waals surface area contributed by atoms with Gasteiger partial charge < -0.3 is 23.4 Å². The molecule has 0 spiro atoms. The maximum absolute atomic E-state index is 12.5. The van der Waals surface area contributed by atoms with Crippen LogP contribution in [0.5, 0.6) is 23.0 Å². The van der Waals surface area contributed by atoms with Crippen molar-refractivity contribution >= 4 is 11.0 Å². The van der Waals surface area contributed by atoms with Crippen molar-refractivity contribution < 1.29 is 23.4 Å². The van der Waals surface area contributed by atoms with E-state index in [0.717, 1.165) is 52.1 Å². The lowest BCUT2D eigenvalue weighted by Gasteiger charge is -2.29. The first-order valence-corrected chi connectivity index (χ1v) is 11.4. The minimum atomic E-state index is -0.390. The maximum Gasteiger partial charge on any atom is 0.336 e. The molecule has 0 amide bonds. The summed E-state index contributed by atoms with van der Waals surface area (Å²) in [5, 5.41) is 0.874. The van der Waals surface area contributed by atoms with E-state index in [1.165, 1.54) is 6.07 Å². The Bertz CT molecular complexity index is 1410. The molecule has 4 aromatic rings. The Morgan fingerprint density at radius 2 is 1.69 bits per heavy atom. The van der Waals surface area contributed by atoms with Crippen LogP contribution in [0.1, 0.15) is 11.1 Å². The summed E-state index contributed by atoms with van der Waals surface area (Å²) in [6, 6.07) is 19.0. The van der Waals surface area contributed by atoms with Crippen molar-refractivity contribution in [2.75, 3.05) is 34.6 Å². The van der Waals surface area contributed by atoms with Gasteiger partial charge in [0.15, 0.2) is 11.5 Å². The average molecular weight is 474 g/mol. The van der Waals surface area contributed by atoms with Crippen LogP contribution < -0.4 is 24.6 Å². The van der Waals surface area contributed by atoms with Crippen molar-refractivity contribution in [1.29, 1.82) is 0 Å². The Kier molecular flexibility index (Phi) is 6.33. The largest absolute Gasteiger partial charge is 0.497 e. The van der Waals surface area contributed by atoms with E-state index in [2.05, 4.69) is 4.90 Å². The Labute approximate surface area is 203 Å². The highest BCUT2D eigenvalue weighted by Gasteiger charge is 2.23. The van der Waals surface area contributed by atoms with Crippen molar-refractivity contribution in [2.45, 2.75) is 13.0 Å². The van der Waals surface area contributed by atoms with E-state index in [4.69, 9.17) is 23.4 Å². The van der Waals surface area contributed by atoms with Gasteiger partial charge >= 0.3 is 5.63 Å². The lowest BCUT2D eigenvalue weighted by atomic mass is 9.99. The third-order valence-electron chi connectivity index (χ3n) is 6.32. The monoisotopic (exact) mass is 473 g/mol. The van der Waals surface area contributed by atoms with Crippen LogP contribution in [0.3, 0.4) is 0 Å².